The third-order valence-electron chi connectivity index (χ3n) is 4.85. The smallest absolute Gasteiger partial charge is 0.243 e. The second kappa shape index (κ2) is 8.99. The first-order chi connectivity index (χ1) is 13.9. The number of benzene rings is 2. The second-order valence-electron chi connectivity index (χ2n) is 7.53. The monoisotopic (exact) mass is 395 g/mol. The summed E-state index contributed by atoms with van der Waals surface area (Å²) < 4.78 is 13.3. The van der Waals surface area contributed by atoms with E-state index in [0.29, 0.717) is 17.3 Å². The quantitative estimate of drug-likeness (QED) is 0.572. The molecule has 0 aliphatic rings. The highest BCUT2D eigenvalue weighted by Crippen LogP contribution is 2.27. The van der Waals surface area contributed by atoms with E-state index >= 15 is 0 Å². The standard InChI is InChI=1S/C23H29N3O3/c1-16(2)26(17(3)4)23(27)14-25-19-11-7-6-10-18(19)24-22(25)15-29-21-13-9-8-12-20(21)28-5/h6-13,16-17H,14-15H2,1-5H3. The van der Waals surface area contributed by atoms with Crippen molar-refractivity contribution in [3.63, 3.8) is 0 Å². The molecule has 29 heavy (non-hydrogen) atoms. The number of rotatable bonds is 8. The molecule has 0 unspecified atom stereocenters. The fourth-order valence-corrected chi connectivity index (χ4v) is 3.68. The van der Waals surface area contributed by atoms with Crippen LogP contribution in [0.1, 0.15) is 33.5 Å². The Kier molecular flexibility index (Phi) is 6.42. The molecule has 0 spiro atoms. The van der Waals surface area contributed by atoms with Gasteiger partial charge in [-0.15, -0.1) is 0 Å². The molecule has 6 nitrogen and oxygen atoms in total. The van der Waals surface area contributed by atoms with Gasteiger partial charge in [-0.05, 0) is 52.0 Å². The molecule has 1 heterocycles. The molecule has 0 atom stereocenters. The molecule has 0 saturated carbocycles. The van der Waals surface area contributed by atoms with E-state index < -0.39 is 0 Å². The highest BCUT2D eigenvalue weighted by Gasteiger charge is 2.22. The number of nitrogens with zero attached hydrogens (tertiary/aromatic N) is 3. The van der Waals surface area contributed by atoms with Crippen molar-refractivity contribution in [2.24, 2.45) is 0 Å². The maximum absolute atomic E-state index is 13.1. The van der Waals surface area contributed by atoms with Gasteiger partial charge in [-0.1, -0.05) is 24.3 Å². The van der Waals surface area contributed by atoms with Gasteiger partial charge in [-0.2, -0.15) is 0 Å². The number of ether oxygens (including phenoxy) is 2. The minimum Gasteiger partial charge on any atom is -0.493 e. The van der Waals surface area contributed by atoms with Gasteiger partial charge in [0.05, 0.1) is 18.1 Å². The van der Waals surface area contributed by atoms with Crippen LogP contribution in [-0.2, 0) is 17.9 Å². The number of amides is 1. The van der Waals surface area contributed by atoms with Crippen molar-refractivity contribution < 1.29 is 14.3 Å². The summed E-state index contributed by atoms with van der Waals surface area (Å²) in [5.41, 5.74) is 1.77. The van der Waals surface area contributed by atoms with Crippen LogP contribution < -0.4 is 9.47 Å². The van der Waals surface area contributed by atoms with Gasteiger partial charge in [-0.25, -0.2) is 4.98 Å². The fourth-order valence-electron chi connectivity index (χ4n) is 3.68. The maximum Gasteiger partial charge on any atom is 0.243 e. The number of imidazole rings is 1. The van der Waals surface area contributed by atoms with Gasteiger partial charge >= 0.3 is 0 Å². The number of hydrogen-bond acceptors (Lipinski definition) is 4. The summed E-state index contributed by atoms with van der Waals surface area (Å²) in [5, 5.41) is 0. The molecule has 0 bridgehead atoms. The van der Waals surface area contributed by atoms with Crippen LogP contribution in [0, 0.1) is 0 Å². The molecule has 0 N–H and O–H groups in total. The van der Waals surface area contributed by atoms with Gasteiger partial charge in [0, 0.05) is 12.1 Å². The summed E-state index contributed by atoms with van der Waals surface area (Å²) in [6.07, 6.45) is 0. The molecule has 1 aromatic heterocycles. The number of hydrogen-bond donors (Lipinski definition) is 0. The summed E-state index contributed by atoms with van der Waals surface area (Å²) in [5.74, 6) is 2.08. The summed E-state index contributed by atoms with van der Waals surface area (Å²) in [6, 6.07) is 15.6. The first-order valence-electron chi connectivity index (χ1n) is 9.93. The summed E-state index contributed by atoms with van der Waals surface area (Å²) in [4.78, 5) is 19.7. The first-order valence-corrected chi connectivity index (χ1v) is 9.93. The number of aromatic nitrogens is 2. The second-order valence-corrected chi connectivity index (χ2v) is 7.53. The molecule has 0 aliphatic heterocycles. The number of fused-ring (bicyclic) bond motifs is 1. The van der Waals surface area contributed by atoms with Gasteiger partial charge < -0.3 is 18.9 Å². The van der Waals surface area contributed by atoms with Crippen molar-refractivity contribution in [2.45, 2.75) is 52.9 Å². The van der Waals surface area contributed by atoms with Gasteiger partial charge in [0.25, 0.3) is 0 Å². The highest BCUT2D eigenvalue weighted by molar-refractivity contribution is 5.81. The van der Waals surface area contributed by atoms with Crippen molar-refractivity contribution in [1.82, 2.24) is 14.5 Å². The van der Waals surface area contributed by atoms with Crippen LogP contribution in [0.15, 0.2) is 48.5 Å². The molecular formula is C23H29N3O3. The van der Waals surface area contributed by atoms with E-state index in [1.807, 2.05) is 85.7 Å². The Balaban J connectivity index is 1.91. The van der Waals surface area contributed by atoms with Gasteiger partial charge in [0.1, 0.15) is 19.0 Å². The molecule has 1 amide bonds. The lowest BCUT2D eigenvalue weighted by Crippen LogP contribution is -2.43. The topological polar surface area (TPSA) is 56.6 Å². The summed E-state index contributed by atoms with van der Waals surface area (Å²) in [7, 11) is 1.61. The number of para-hydroxylation sites is 4. The third-order valence-corrected chi connectivity index (χ3v) is 4.85. The normalized spacial score (nSPS) is 11.3. The molecule has 6 heteroatoms. The Bertz CT molecular complexity index is 970. The zero-order valence-corrected chi connectivity index (χ0v) is 17.8. The van der Waals surface area contributed by atoms with Crippen LogP contribution in [0.3, 0.4) is 0 Å². The van der Waals surface area contributed by atoms with Crippen LogP contribution in [0.5, 0.6) is 11.5 Å². The lowest BCUT2D eigenvalue weighted by Gasteiger charge is -2.31. The van der Waals surface area contributed by atoms with Crippen molar-refractivity contribution >= 4 is 16.9 Å². The minimum absolute atomic E-state index is 0.0664. The minimum atomic E-state index is 0.0664. The van der Waals surface area contributed by atoms with Gasteiger partial charge in [0.2, 0.25) is 5.91 Å². The average Bonchev–Trinajstić information content (AvgIpc) is 3.03. The molecule has 154 valence electrons. The van der Waals surface area contributed by atoms with E-state index in [2.05, 4.69) is 0 Å². The van der Waals surface area contributed by atoms with E-state index in [0.717, 1.165) is 11.0 Å². The fraction of sp³-hybridized carbons (Fsp3) is 0.391. The van der Waals surface area contributed by atoms with Crippen molar-refractivity contribution in [2.75, 3.05) is 7.11 Å². The zero-order chi connectivity index (χ0) is 21.0. The zero-order valence-electron chi connectivity index (χ0n) is 17.8. The lowest BCUT2D eigenvalue weighted by molar-refractivity contribution is -0.135. The van der Waals surface area contributed by atoms with E-state index in [-0.39, 0.29) is 31.1 Å². The molecule has 3 rings (SSSR count). The van der Waals surface area contributed by atoms with Crippen LogP contribution in [0.4, 0.5) is 0 Å². The summed E-state index contributed by atoms with van der Waals surface area (Å²) >= 11 is 0. The van der Waals surface area contributed by atoms with E-state index in [4.69, 9.17) is 14.5 Å². The van der Waals surface area contributed by atoms with Crippen molar-refractivity contribution in [1.29, 1.82) is 0 Å². The van der Waals surface area contributed by atoms with Gasteiger partial charge in [-0.3, -0.25) is 4.79 Å². The van der Waals surface area contributed by atoms with Crippen molar-refractivity contribution in [3.05, 3.63) is 54.4 Å². The number of methoxy groups -OCH3 is 1. The highest BCUT2D eigenvalue weighted by atomic mass is 16.5. The molecule has 2 aromatic carbocycles. The average molecular weight is 396 g/mol. The van der Waals surface area contributed by atoms with Crippen LogP contribution in [0.25, 0.3) is 11.0 Å². The first kappa shape index (κ1) is 20.7. The molecule has 3 aromatic rings. The van der Waals surface area contributed by atoms with Crippen LogP contribution in [0.2, 0.25) is 0 Å². The Morgan fingerprint density at radius 2 is 1.62 bits per heavy atom. The Labute approximate surface area is 172 Å². The van der Waals surface area contributed by atoms with E-state index in [9.17, 15) is 4.79 Å². The predicted octanol–water partition coefficient (Wildman–Crippen LogP) is 4.27. The third kappa shape index (κ3) is 4.53. The largest absolute Gasteiger partial charge is 0.493 e. The summed E-state index contributed by atoms with van der Waals surface area (Å²) in [6.45, 7) is 8.61. The molecule has 0 aliphatic carbocycles. The molecule has 0 fully saturated rings. The molecular weight excluding hydrogens is 366 g/mol. The number of carbonyl (C=O) groups is 1. The number of carbonyl (C=O) groups excluding carboxylic acids is 1. The predicted molar refractivity (Wildman–Crippen MR) is 114 cm³/mol. The van der Waals surface area contributed by atoms with Gasteiger partial charge in [0.15, 0.2) is 11.5 Å². The maximum atomic E-state index is 13.1. The molecule has 0 saturated heterocycles. The Morgan fingerprint density at radius 3 is 2.28 bits per heavy atom. The van der Waals surface area contributed by atoms with E-state index in [1.54, 1.807) is 7.11 Å². The Morgan fingerprint density at radius 1 is 1.00 bits per heavy atom. The van der Waals surface area contributed by atoms with Crippen molar-refractivity contribution in [3.8, 4) is 11.5 Å². The van der Waals surface area contributed by atoms with E-state index in [1.165, 1.54) is 0 Å². The SMILES string of the molecule is COc1ccccc1OCc1nc2ccccc2n1CC(=O)N(C(C)C)C(C)C. The molecule has 0 radical (unpaired) electrons. The Hall–Kier alpha value is -3.02. The van der Waals surface area contributed by atoms with Crippen LogP contribution >= 0.6 is 0 Å². The van der Waals surface area contributed by atoms with Crippen LogP contribution in [-0.4, -0.2) is 39.6 Å². The lowest BCUT2D eigenvalue weighted by atomic mass is 10.2.